The molecule has 0 saturated carbocycles. The van der Waals surface area contributed by atoms with Crippen molar-refractivity contribution in [2.75, 3.05) is 26.9 Å². The molecule has 0 bridgehead atoms. The van der Waals surface area contributed by atoms with Gasteiger partial charge in [-0.25, -0.2) is 0 Å². The number of rotatable bonds is 5. The minimum absolute atomic E-state index is 0.0867. The van der Waals surface area contributed by atoms with Gasteiger partial charge in [-0.1, -0.05) is 30.3 Å². The quantitative estimate of drug-likeness (QED) is 0.812. The maximum absolute atomic E-state index is 11.1. The van der Waals surface area contributed by atoms with Crippen LogP contribution in [0.1, 0.15) is 18.8 Å². The first-order valence-electron chi connectivity index (χ1n) is 8.08. The topological polar surface area (TPSA) is 86.6 Å². The molecule has 24 heavy (non-hydrogen) atoms. The molecule has 0 radical (unpaired) electrons. The Hall–Kier alpha value is -1.06. The van der Waals surface area contributed by atoms with Gasteiger partial charge in [0.1, 0.15) is 23.9 Å². The van der Waals surface area contributed by atoms with Gasteiger partial charge in [0.15, 0.2) is 12.6 Å². The molecule has 1 unspecified atom stereocenters. The maximum Gasteiger partial charge on any atom is 0.186 e. The summed E-state index contributed by atoms with van der Waals surface area (Å²) in [6.45, 7) is 2.35. The van der Waals surface area contributed by atoms with Crippen LogP contribution in [-0.4, -0.2) is 67.3 Å². The molecule has 0 spiro atoms. The zero-order chi connectivity index (χ0) is 17.2. The fourth-order valence-corrected chi connectivity index (χ4v) is 3.13. The van der Waals surface area contributed by atoms with Crippen LogP contribution in [0.15, 0.2) is 30.3 Å². The standard InChI is InChI=1S/C17H24O7/c1-3-21-10-17(19)13(18)16(20-2)23-12-9-22-15(24-14(12)17)11-7-5-4-6-8-11/h4-8,12-16,18-19H,3,9-10H2,1-2H3/t12-,13-,14-,15?,16-,17-/m1/s1. The second kappa shape index (κ2) is 7.45. The number of aliphatic hydroxyl groups excluding tert-OH is 1. The molecule has 0 aliphatic carbocycles. The number of fused-ring (bicyclic) bond motifs is 1. The molecule has 1 aromatic rings. The van der Waals surface area contributed by atoms with E-state index < -0.39 is 36.5 Å². The number of hydrogen-bond donors (Lipinski definition) is 2. The van der Waals surface area contributed by atoms with E-state index in [0.29, 0.717) is 6.61 Å². The Morgan fingerprint density at radius 1 is 1.25 bits per heavy atom. The molecule has 2 saturated heterocycles. The minimum atomic E-state index is -1.66. The second-order valence-corrected chi connectivity index (χ2v) is 5.98. The van der Waals surface area contributed by atoms with E-state index in [0.717, 1.165) is 5.56 Å². The summed E-state index contributed by atoms with van der Waals surface area (Å²) in [5, 5.41) is 21.6. The Balaban J connectivity index is 1.84. The molecule has 2 N–H and O–H groups in total. The fourth-order valence-electron chi connectivity index (χ4n) is 3.13. The number of methoxy groups -OCH3 is 1. The average Bonchev–Trinajstić information content (AvgIpc) is 2.63. The van der Waals surface area contributed by atoms with E-state index >= 15 is 0 Å². The third-order valence-corrected chi connectivity index (χ3v) is 4.43. The molecular weight excluding hydrogens is 316 g/mol. The minimum Gasteiger partial charge on any atom is -0.385 e. The number of hydrogen-bond acceptors (Lipinski definition) is 7. The summed E-state index contributed by atoms with van der Waals surface area (Å²) in [5.74, 6) is 0. The van der Waals surface area contributed by atoms with Gasteiger partial charge in [0.05, 0.1) is 13.2 Å². The van der Waals surface area contributed by atoms with Crippen molar-refractivity contribution in [3.63, 3.8) is 0 Å². The lowest BCUT2D eigenvalue weighted by atomic mass is 9.84. The molecule has 2 aliphatic rings. The van der Waals surface area contributed by atoms with Gasteiger partial charge in [-0.3, -0.25) is 0 Å². The highest BCUT2D eigenvalue weighted by Gasteiger charge is 2.59. The van der Waals surface area contributed by atoms with Crippen LogP contribution in [0.4, 0.5) is 0 Å². The van der Waals surface area contributed by atoms with Crippen molar-refractivity contribution in [2.45, 2.75) is 43.4 Å². The summed E-state index contributed by atoms with van der Waals surface area (Å²) in [6.07, 6.45) is -4.29. The largest absolute Gasteiger partial charge is 0.385 e. The van der Waals surface area contributed by atoms with E-state index in [1.54, 1.807) is 0 Å². The van der Waals surface area contributed by atoms with Crippen LogP contribution in [0.5, 0.6) is 0 Å². The fraction of sp³-hybridized carbons (Fsp3) is 0.647. The molecule has 2 heterocycles. The summed E-state index contributed by atoms with van der Waals surface area (Å²) in [4.78, 5) is 0. The highest BCUT2D eigenvalue weighted by atomic mass is 16.8. The molecule has 134 valence electrons. The lowest BCUT2D eigenvalue weighted by Gasteiger charge is -2.52. The van der Waals surface area contributed by atoms with Crippen molar-refractivity contribution in [1.82, 2.24) is 0 Å². The van der Waals surface area contributed by atoms with Gasteiger partial charge in [0, 0.05) is 19.3 Å². The van der Waals surface area contributed by atoms with Gasteiger partial charge in [-0.15, -0.1) is 0 Å². The van der Waals surface area contributed by atoms with Gasteiger partial charge in [0.2, 0.25) is 0 Å². The smallest absolute Gasteiger partial charge is 0.186 e. The molecule has 0 aromatic heterocycles. The van der Waals surface area contributed by atoms with Crippen LogP contribution >= 0.6 is 0 Å². The summed E-state index contributed by atoms with van der Waals surface area (Å²) >= 11 is 0. The Morgan fingerprint density at radius 3 is 2.67 bits per heavy atom. The Labute approximate surface area is 141 Å². The molecular formula is C17H24O7. The predicted molar refractivity (Wildman–Crippen MR) is 83.1 cm³/mol. The highest BCUT2D eigenvalue weighted by molar-refractivity contribution is 5.17. The number of aliphatic hydroxyl groups is 2. The van der Waals surface area contributed by atoms with Crippen LogP contribution in [0, 0.1) is 0 Å². The lowest BCUT2D eigenvalue weighted by Crippen LogP contribution is -2.71. The Kier molecular flexibility index (Phi) is 5.51. The van der Waals surface area contributed by atoms with Crippen LogP contribution in [0.2, 0.25) is 0 Å². The monoisotopic (exact) mass is 340 g/mol. The SMILES string of the molecule is CCOC[C@@]1(O)[C@H](O)[C@H](OC)O[C@@H]2COC(c3ccccc3)O[C@H]21. The van der Waals surface area contributed by atoms with E-state index in [9.17, 15) is 10.2 Å². The normalized spacial score (nSPS) is 39.4. The first-order valence-corrected chi connectivity index (χ1v) is 8.08. The third kappa shape index (κ3) is 3.21. The van der Waals surface area contributed by atoms with E-state index in [4.69, 9.17) is 23.7 Å². The molecule has 2 fully saturated rings. The van der Waals surface area contributed by atoms with Crippen molar-refractivity contribution < 1.29 is 33.9 Å². The zero-order valence-corrected chi connectivity index (χ0v) is 13.8. The van der Waals surface area contributed by atoms with E-state index in [-0.39, 0.29) is 13.2 Å². The first kappa shape index (κ1) is 17.8. The maximum atomic E-state index is 11.1. The predicted octanol–water partition coefficient (Wildman–Crippen LogP) is 0.600. The molecule has 2 aliphatic heterocycles. The van der Waals surface area contributed by atoms with E-state index in [1.807, 2.05) is 37.3 Å². The average molecular weight is 340 g/mol. The zero-order valence-electron chi connectivity index (χ0n) is 13.8. The van der Waals surface area contributed by atoms with Gasteiger partial charge in [-0.05, 0) is 6.92 Å². The van der Waals surface area contributed by atoms with Crippen molar-refractivity contribution in [1.29, 1.82) is 0 Å². The molecule has 7 nitrogen and oxygen atoms in total. The van der Waals surface area contributed by atoms with E-state index in [1.165, 1.54) is 7.11 Å². The van der Waals surface area contributed by atoms with Crippen molar-refractivity contribution in [3.05, 3.63) is 35.9 Å². The van der Waals surface area contributed by atoms with Crippen molar-refractivity contribution >= 4 is 0 Å². The van der Waals surface area contributed by atoms with Gasteiger partial charge in [0.25, 0.3) is 0 Å². The molecule has 7 heteroatoms. The van der Waals surface area contributed by atoms with Gasteiger partial charge in [-0.2, -0.15) is 0 Å². The van der Waals surface area contributed by atoms with Crippen LogP contribution in [0.25, 0.3) is 0 Å². The highest BCUT2D eigenvalue weighted by Crippen LogP contribution is 2.39. The summed E-state index contributed by atoms with van der Waals surface area (Å²) in [7, 11) is 1.41. The van der Waals surface area contributed by atoms with Crippen LogP contribution in [0.3, 0.4) is 0 Å². The summed E-state index contributed by atoms with van der Waals surface area (Å²) in [5.41, 5.74) is -0.825. The second-order valence-electron chi connectivity index (χ2n) is 5.98. The number of ether oxygens (including phenoxy) is 5. The van der Waals surface area contributed by atoms with Gasteiger partial charge < -0.3 is 33.9 Å². The Morgan fingerprint density at radius 2 is 2.00 bits per heavy atom. The van der Waals surface area contributed by atoms with Gasteiger partial charge >= 0.3 is 0 Å². The third-order valence-electron chi connectivity index (χ3n) is 4.43. The summed E-state index contributed by atoms with van der Waals surface area (Å²) < 4.78 is 27.9. The summed E-state index contributed by atoms with van der Waals surface area (Å²) in [6, 6.07) is 9.42. The Bertz CT molecular complexity index is 525. The molecule has 0 amide bonds. The van der Waals surface area contributed by atoms with Crippen molar-refractivity contribution in [3.8, 4) is 0 Å². The molecule has 1 aromatic carbocycles. The van der Waals surface area contributed by atoms with Crippen molar-refractivity contribution in [2.24, 2.45) is 0 Å². The molecule has 6 atom stereocenters. The van der Waals surface area contributed by atoms with Crippen LogP contribution < -0.4 is 0 Å². The lowest BCUT2D eigenvalue weighted by molar-refractivity contribution is -0.388. The number of benzene rings is 1. The molecule has 3 rings (SSSR count). The van der Waals surface area contributed by atoms with Crippen LogP contribution in [-0.2, 0) is 23.7 Å². The van der Waals surface area contributed by atoms with E-state index in [2.05, 4.69) is 0 Å². The first-order chi connectivity index (χ1) is 11.6.